The van der Waals surface area contributed by atoms with Crippen molar-refractivity contribution in [1.29, 1.82) is 0 Å². The highest BCUT2D eigenvalue weighted by atomic mass is 32.2. The van der Waals surface area contributed by atoms with Gasteiger partial charge < -0.3 is 4.90 Å². The van der Waals surface area contributed by atoms with Gasteiger partial charge in [-0.25, -0.2) is 8.42 Å². The molecular formula is C21H24N2O5S. The van der Waals surface area contributed by atoms with Gasteiger partial charge in [0.2, 0.25) is 17.7 Å². The largest absolute Gasteiger partial charge is 0.333 e. The summed E-state index contributed by atoms with van der Waals surface area (Å²) in [7, 11) is -3.18. The van der Waals surface area contributed by atoms with E-state index in [4.69, 9.17) is 0 Å². The molecule has 2 fully saturated rings. The van der Waals surface area contributed by atoms with Gasteiger partial charge >= 0.3 is 0 Å². The second-order valence-corrected chi connectivity index (χ2v) is 10.2. The fourth-order valence-electron chi connectivity index (χ4n) is 4.47. The molecule has 8 heteroatoms. The molecule has 0 N–H and O–H groups in total. The van der Waals surface area contributed by atoms with Crippen LogP contribution in [0.4, 0.5) is 0 Å². The zero-order valence-corrected chi connectivity index (χ0v) is 16.9. The molecule has 4 rings (SSSR count). The van der Waals surface area contributed by atoms with E-state index in [1.54, 1.807) is 0 Å². The Morgan fingerprint density at radius 1 is 1.03 bits per heavy atom. The van der Waals surface area contributed by atoms with Gasteiger partial charge in [-0.3, -0.25) is 19.3 Å². The van der Waals surface area contributed by atoms with Crippen LogP contribution in [0.25, 0.3) is 0 Å². The molecule has 0 aromatic heterocycles. The maximum Gasteiger partial charge on any atom is 0.243 e. The minimum absolute atomic E-state index is 0.0492. The van der Waals surface area contributed by atoms with Crippen molar-refractivity contribution < 1.29 is 22.8 Å². The molecule has 0 unspecified atom stereocenters. The monoisotopic (exact) mass is 416 g/mol. The van der Waals surface area contributed by atoms with E-state index in [1.165, 1.54) is 4.90 Å². The van der Waals surface area contributed by atoms with E-state index in [-0.39, 0.29) is 54.2 Å². The van der Waals surface area contributed by atoms with Crippen molar-refractivity contribution in [2.45, 2.75) is 31.8 Å². The number of benzene rings is 1. The molecule has 29 heavy (non-hydrogen) atoms. The topological polar surface area (TPSA) is 91.8 Å². The molecule has 1 aromatic rings. The number of allylic oxidation sites excluding steroid dienone is 2. The Morgan fingerprint density at radius 3 is 2.21 bits per heavy atom. The summed E-state index contributed by atoms with van der Waals surface area (Å²) >= 11 is 0. The lowest BCUT2D eigenvalue weighted by atomic mass is 9.85. The summed E-state index contributed by atoms with van der Waals surface area (Å²) in [4.78, 5) is 41.2. The van der Waals surface area contributed by atoms with Crippen LogP contribution in [0.5, 0.6) is 0 Å². The average Bonchev–Trinajstić information content (AvgIpc) is 3.19. The van der Waals surface area contributed by atoms with E-state index in [1.807, 2.05) is 42.5 Å². The van der Waals surface area contributed by atoms with E-state index in [0.29, 0.717) is 19.3 Å². The highest BCUT2D eigenvalue weighted by molar-refractivity contribution is 7.91. The van der Waals surface area contributed by atoms with Gasteiger partial charge in [0.05, 0.1) is 23.3 Å². The van der Waals surface area contributed by atoms with Gasteiger partial charge in [-0.15, -0.1) is 0 Å². The number of rotatable bonds is 5. The second kappa shape index (κ2) is 7.74. The summed E-state index contributed by atoms with van der Waals surface area (Å²) in [6.45, 7) is -0.0709. The zero-order valence-electron chi connectivity index (χ0n) is 16.1. The Morgan fingerprint density at radius 2 is 1.66 bits per heavy atom. The molecule has 2 aliphatic heterocycles. The number of sulfone groups is 1. The Labute approximate surface area is 170 Å². The van der Waals surface area contributed by atoms with E-state index in [2.05, 4.69) is 0 Å². The molecule has 0 saturated carbocycles. The van der Waals surface area contributed by atoms with Crippen LogP contribution in [0.1, 0.15) is 24.8 Å². The third-order valence-electron chi connectivity index (χ3n) is 6.06. The lowest BCUT2D eigenvalue weighted by Crippen LogP contribution is -2.47. The molecule has 0 spiro atoms. The van der Waals surface area contributed by atoms with Crippen molar-refractivity contribution in [3.05, 3.63) is 48.0 Å². The standard InChI is InChI=1S/C21H24N2O5S/c24-19(13-23-20(25)17-8-4-5-9-18(17)21(23)26)22(12-15-6-2-1-3-7-15)16-10-11-29(27,28)14-16/h1-7,16-18H,8-14H2/t16-,17-,18-/m0/s1. The first-order valence-corrected chi connectivity index (χ1v) is 11.7. The molecule has 0 radical (unpaired) electrons. The van der Waals surface area contributed by atoms with Gasteiger partial charge in [0.25, 0.3) is 0 Å². The highest BCUT2D eigenvalue weighted by Crippen LogP contribution is 2.35. The fourth-order valence-corrected chi connectivity index (χ4v) is 6.20. The van der Waals surface area contributed by atoms with Crippen LogP contribution in [-0.2, 0) is 30.8 Å². The smallest absolute Gasteiger partial charge is 0.243 e. The molecule has 2 saturated heterocycles. The Hall–Kier alpha value is -2.48. The Balaban J connectivity index is 1.53. The predicted molar refractivity (Wildman–Crippen MR) is 106 cm³/mol. The van der Waals surface area contributed by atoms with E-state index in [0.717, 1.165) is 10.5 Å². The summed E-state index contributed by atoms with van der Waals surface area (Å²) in [5.41, 5.74) is 0.877. The van der Waals surface area contributed by atoms with Gasteiger partial charge in [0.1, 0.15) is 6.54 Å². The van der Waals surface area contributed by atoms with Crippen LogP contribution in [0, 0.1) is 11.8 Å². The van der Waals surface area contributed by atoms with Gasteiger partial charge in [-0.05, 0) is 24.8 Å². The first-order chi connectivity index (χ1) is 13.9. The number of hydrogen-bond donors (Lipinski definition) is 0. The molecule has 1 aromatic carbocycles. The lowest BCUT2D eigenvalue weighted by Gasteiger charge is -2.30. The molecule has 3 aliphatic rings. The third kappa shape index (κ3) is 3.99. The Bertz CT molecular complexity index is 931. The van der Waals surface area contributed by atoms with Crippen LogP contribution >= 0.6 is 0 Å². The molecule has 7 nitrogen and oxygen atoms in total. The number of amides is 3. The number of nitrogens with zero attached hydrogens (tertiary/aromatic N) is 2. The third-order valence-corrected chi connectivity index (χ3v) is 7.81. The fraction of sp³-hybridized carbons (Fsp3) is 0.476. The van der Waals surface area contributed by atoms with Gasteiger partial charge in [0, 0.05) is 12.6 Å². The first kappa shape index (κ1) is 19.8. The molecule has 2 heterocycles. The zero-order chi connectivity index (χ0) is 20.6. The van der Waals surface area contributed by atoms with Crippen molar-refractivity contribution >= 4 is 27.6 Å². The normalized spacial score (nSPS) is 27.9. The van der Waals surface area contributed by atoms with Crippen LogP contribution in [0.15, 0.2) is 42.5 Å². The minimum atomic E-state index is -3.18. The van der Waals surface area contributed by atoms with Crippen LogP contribution in [0.3, 0.4) is 0 Å². The van der Waals surface area contributed by atoms with Crippen molar-refractivity contribution in [3.8, 4) is 0 Å². The van der Waals surface area contributed by atoms with Crippen LogP contribution in [0.2, 0.25) is 0 Å². The summed E-state index contributed by atoms with van der Waals surface area (Å²) in [5, 5.41) is 0. The molecule has 3 amide bonds. The summed E-state index contributed by atoms with van der Waals surface area (Å²) in [6.07, 6.45) is 5.23. The van der Waals surface area contributed by atoms with Gasteiger partial charge in [0.15, 0.2) is 9.84 Å². The van der Waals surface area contributed by atoms with Gasteiger partial charge in [-0.1, -0.05) is 42.5 Å². The van der Waals surface area contributed by atoms with E-state index in [9.17, 15) is 22.8 Å². The Kier molecular flexibility index (Phi) is 5.29. The number of hydrogen-bond acceptors (Lipinski definition) is 5. The predicted octanol–water partition coefficient (Wildman–Crippen LogP) is 1.15. The second-order valence-electron chi connectivity index (χ2n) is 7.98. The van der Waals surface area contributed by atoms with Crippen molar-refractivity contribution in [2.24, 2.45) is 11.8 Å². The number of fused-ring (bicyclic) bond motifs is 1. The molecule has 0 bridgehead atoms. The summed E-state index contributed by atoms with van der Waals surface area (Å²) in [5.74, 6) is -1.77. The van der Waals surface area contributed by atoms with E-state index >= 15 is 0 Å². The van der Waals surface area contributed by atoms with Crippen molar-refractivity contribution in [2.75, 3.05) is 18.1 Å². The lowest BCUT2D eigenvalue weighted by molar-refractivity contribution is -0.147. The van der Waals surface area contributed by atoms with Crippen LogP contribution in [-0.4, -0.2) is 60.0 Å². The maximum atomic E-state index is 13.2. The number of imide groups is 1. The number of likely N-dealkylation sites (tertiary alicyclic amines) is 1. The summed E-state index contributed by atoms with van der Waals surface area (Å²) in [6, 6.07) is 8.88. The highest BCUT2D eigenvalue weighted by Gasteiger charge is 2.48. The molecule has 3 atom stereocenters. The SMILES string of the molecule is O=C1[C@H]2CC=CC[C@@H]2C(=O)N1CC(=O)N(Cc1ccccc1)[C@H]1CCS(=O)(=O)C1. The maximum absolute atomic E-state index is 13.2. The van der Waals surface area contributed by atoms with Gasteiger partial charge in [-0.2, -0.15) is 0 Å². The number of carbonyl (C=O) groups excluding carboxylic acids is 3. The molecule has 1 aliphatic carbocycles. The van der Waals surface area contributed by atoms with Crippen LogP contribution < -0.4 is 0 Å². The first-order valence-electron chi connectivity index (χ1n) is 9.90. The quantitative estimate of drug-likeness (QED) is 0.530. The summed E-state index contributed by atoms with van der Waals surface area (Å²) < 4.78 is 24.0. The average molecular weight is 416 g/mol. The van der Waals surface area contributed by atoms with Crippen molar-refractivity contribution in [3.63, 3.8) is 0 Å². The van der Waals surface area contributed by atoms with Crippen molar-refractivity contribution in [1.82, 2.24) is 9.80 Å². The minimum Gasteiger partial charge on any atom is -0.333 e. The number of carbonyl (C=O) groups is 3. The molecular weight excluding hydrogens is 392 g/mol. The van der Waals surface area contributed by atoms with E-state index < -0.39 is 15.9 Å². The molecule has 154 valence electrons.